The topological polar surface area (TPSA) is 58.6 Å². The van der Waals surface area contributed by atoms with E-state index in [1.54, 1.807) is 0 Å². The number of aliphatic carboxylic acids is 1. The van der Waals surface area contributed by atoms with E-state index in [9.17, 15) is 18.0 Å². The van der Waals surface area contributed by atoms with E-state index in [1.165, 1.54) is 0 Å². The summed E-state index contributed by atoms with van der Waals surface area (Å²) < 4.78 is 44.8. The third-order valence-electron chi connectivity index (χ3n) is 3.39. The van der Waals surface area contributed by atoms with E-state index in [2.05, 4.69) is 5.32 Å². The predicted octanol–water partition coefficient (Wildman–Crippen LogP) is 2.39. The van der Waals surface area contributed by atoms with Gasteiger partial charge in [-0.15, -0.1) is 0 Å². The molecule has 2 atom stereocenters. The van der Waals surface area contributed by atoms with Gasteiger partial charge in [-0.3, -0.25) is 4.79 Å². The van der Waals surface area contributed by atoms with Gasteiger partial charge in [-0.25, -0.2) is 13.2 Å². The Kier molecular flexibility index (Phi) is 5.19. The lowest BCUT2D eigenvalue weighted by molar-refractivity contribution is -0.137. The molecule has 0 unspecified atom stereocenters. The van der Waals surface area contributed by atoms with Crippen LogP contribution in [0.15, 0.2) is 12.1 Å². The maximum atomic E-state index is 13.2. The first-order valence-corrected chi connectivity index (χ1v) is 6.67. The SMILES string of the molecule is O=C(O)CCC[C@@H]1COC[C@H](c2cc(F)c(F)c(F)c2)N1. The Labute approximate surface area is 119 Å². The first-order chi connectivity index (χ1) is 9.97. The fourth-order valence-electron chi connectivity index (χ4n) is 2.34. The second-order valence-corrected chi connectivity index (χ2v) is 5.04. The molecular formula is C14H16F3NO3. The van der Waals surface area contributed by atoms with E-state index >= 15 is 0 Å². The number of benzene rings is 1. The quantitative estimate of drug-likeness (QED) is 0.820. The molecule has 21 heavy (non-hydrogen) atoms. The van der Waals surface area contributed by atoms with Gasteiger partial charge in [0.1, 0.15) is 0 Å². The highest BCUT2D eigenvalue weighted by Gasteiger charge is 2.24. The van der Waals surface area contributed by atoms with Crippen LogP contribution in [0.5, 0.6) is 0 Å². The van der Waals surface area contributed by atoms with Gasteiger partial charge in [-0.05, 0) is 30.5 Å². The van der Waals surface area contributed by atoms with Crippen LogP contribution in [-0.4, -0.2) is 30.3 Å². The third kappa shape index (κ3) is 4.18. The molecule has 0 bridgehead atoms. The van der Waals surface area contributed by atoms with Crippen molar-refractivity contribution in [3.63, 3.8) is 0 Å². The summed E-state index contributed by atoms with van der Waals surface area (Å²) in [5.41, 5.74) is 0.273. The third-order valence-corrected chi connectivity index (χ3v) is 3.39. The predicted molar refractivity (Wildman–Crippen MR) is 68.3 cm³/mol. The average molecular weight is 303 g/mol. The van der Waals surface area contributed by atoms with Crippen molar-refractivity contribution in [2.75, 3.05) is 13.2 Å². The minimum atomic E-state index is -1.49. The molecule has 1 fully saturated rings. The van der Waals surface area contributed by atoms with Crippen molar-refractivity contribution in [2.24, 2.45) is 0 Å². The van der Waals surface area contributed by atoms with Gasteiger partial charge in [0.15, 0.2) is 17.5 Å². The minimum Gasteiger partial charge on any atom is -0.481 e. The van der Waals surface area contributed by atoms with Crippen LogP contribution in [0.1, 0.15) is 30.9 Å². The number of carboxylic acids is 1. The molecule has 1 aromatic carbocycles. The van der Waals surface area contributed by atoms with Crippen molar-refractivity contribution in [3.05, 3.63) is 35.1 Å². The van der Waals surface area contributed by atoms with E-state index in [-0.39, 0.29) is 24.6 Å². The first-order valence-electron chi connectivity index (χ1n) is 6.67. The molecule has 0 aliphatic carbocycles. The lowest BCUT2D eigenvalue weighted by atomic mass is 10.0. The van der Waals surface area contributed by atoms with Crippen molar-refractivity contribution < 1.29 is 27.8 Å². The average Bonchev–Trinajstić information content (AvgIpc) is 2.44. The molecule has 1 heterocycles. The summed E-state index contributed by atoms with van der Waals surface area (Å²) in [4.78, 5) is 10.5. The molecule has 2 N–H and O–H groups in total. The first kappa shape index (κ1) is 15.8. The van der Waals surface area contributed by atoms with Crippen molar-refractivity contribution >= 4 is 5.97 Å². The van der Waals surface area contributed by atoms with Gasteiger partial charge in [0, 0.05) is 12.5 Å². The zero-order chi connectivity index (χ0) is 15.4. The summed E-state index contributed by atoms with van der Waals surface area (Å²) in [5, 5.41) is 11.7. The highest BCUT2D eigenvalue weighted by atomic mass is 19.2. The summed E-state index contributed by atoms with van der Waals surface area (Å²) >= 11 is 0. The maximum absolute atomic E-state index is 13.2. The smallest absolute Gasteiger partial charge is 0.303 e. The zero-order valence-corrected chi connectivity index (χ0v) is 11.2. The Bertz CT molecular complexity index is 501. The Morgan fingerprint density at radius 1 is 1.29 bits per heavy atom. The molecule has 4 nitrogen and oxygen atoms in total. The molecule has 0 saturated carbocycles. The molecule has 0 aromatic heterocycles. The number of hydrogen-bond donors (Lipinski definition) is 2. The van der Waals surface area contributed by atoms with Crippen molar-refractivity contribution in [3.8, 4) is 0 Å². The summed E-state index contributed by atoms with van der Waals surface area (Å²) in [5.74, 6) is -4.83. The highest BCUT2D eigenvalue weighted by molar-refractivity contribution is 5.66. The van der Waals surface area contributed by atoms with Gasteiger partial charge in [0.25, 0.3) is 0 Å². The van der Waals surface area contributed by atoms with Gasteiger partial charge in [0.05, 0.1) is 19.3 Å². The van der Waals surface area contributed by atoms with Gasteiger partial charge in [0.2, 0.25) is 0 Å². The van der Waals surface area contributed by atoms with Gasteiger partial charge in [-0.1, -0.05) is 0 Å². The van der Waals surface area contributed by atoms with Crippen LogP contribution in [0.4, 0.5) is 13.2 Å². The number of carbonyl (C=O) groups is 1. The highest BCUT2D eigenvalue weighted by Crippen LogP contribution is 2.23. The van der Waals surface area contributed by atoms with E-state index in [4.69, 9.17) is 9.84 Å². The van der Waals surface area contributed by atoms with Crippen LogP contribution < -0.4 is 5.32 Å². The molecule has 0 radical (unpaired) electrons. The molecule has 1 aliphatic rings. The summed E-state index contributed by atoms with van der Waals surface area (Å²) in [6, 6.07) is 1.34. The van der Waals surface area contributed by atoms with Crippen molar-refractivity contribution in [2.45, 2.75) is 31.3 Å². The summed E-state index contributed by atoms with van der Waals surface area (Å²) in [7, 11) is 0. The molecule has 7 heteroatoms. The van der Waals surface area contributed by atoms with Crippen LogP contribution in [0.2, 0.25) is 0 Å². The number of nitrogens with one attached hydrogen (secondary N) is 1. The summed E-state index contributed by atoms with van der Waals surface area (Å²) in [6.07, 6.45) is 1.12. The lowest BCUT2D eigenvalue weighted by Gasteiger charge is -2.31. The van der Waals surface area contributed by atoms with E-state index in [0.717, 1.165) is 12.1 Å². The van der Waals surface area contributed by atoms with Crippen LogP contribution in [0.3, 0.4) is 0 Å². The van der Waals surface area contributed by atoms with E-state index in [0.29, 0.717) is 19.4 Å². The molecule has 2 rings (SSSR count). The van der Waals surface area contributed by atoms with E-state index in [1.807, 2.05) is 0 Å². The van der Waals surface area contributed by atoms with Crippen molar-refractivity contribution in [1.29, 1.82) is 0 Å². The fourth-order valence-corrected chi connectivity index (χ4v) is 2.34. The fraction of sp³-hybridized carbons (Fsp3) is 0.500. The number of ether oxygens (including phenoxy) is 1. The van der Waals surface area contributed by atoms with Crippen LogP contribution >= 0.6 is 0 Å². The second-order valence-electron chi connectivity index (χ2n) is 5.04. The van der Waals surface area contributed by atoms with Crippen LogP contribution in [0.25, 0.3) is 0 Å². The normalized spacial score (nSPS) is 22.2. The molecule has 0 spiro atoms. The lowest BCUT2D eigenvalue weighted by Crippen LogP contribution is -2.43. The van der Waals surface area contributed by atoms with Gasteiger partial charge in [-0.2, -0.15) is 0 Å². The Hall–Kier alpha value is -1.60. The largest absolute Gasteiger partial charge is 0.481 e. The molecular weight excluding hydrogens is 287 g/mol. The number of rotatable bonds is 5. The summed E-state index contributed by atoms with van der Waals surface area (Å²) in [6.45, 7) is 0.627. The van der Waals surface area contributed by atoms with E-state index < -0.39 is 29.5 Å². The minimum absolute atomic E-state index is 0.0582. The maximum Gasteiger partial charge on any atom is 0.303 e. The standard InChI is InChI=1S/C14H16F3NO3/c15-10-4-8(5-11(16)14(10)17)12-7-21-6-9(18-12)2-1-3-13(19)20/h4-5,9,12,18H,1-3,6-7H2,(H,19,20)/t9-,12-/m1/s1. The molecule has 116 valence electrons. The molecule has 1 aliphatic heterocycles. The number of morpholine rings is 1. The number of halogens is 3. The van der Waals surface area contributed by atoms with Gasteiger partial charge < -0.3 is 15.2 Å². The zero-order valence-electron chi connectivity index (χ0n) is 11.2. The second kappa shape index (κ2) is 6.91. The van der Waals surface area contributed by atoms with Crippen LogP contribution in [0, 0.1) is 17.5 Å². The monoisotopic (exact) mass is 303 g/mol. The van der Waals surface area contributed by atoms with Gasteiger partial charge >= 0.3 is 5.97 Å². The van der Waals surface area contributed by atoms with Crippen LogP contribution in [-0.2, 0) is 9.53 Å². The molecule has 0 amide bonds. The van der Waals surface area contributed by atoms with Crippen molar-refractivity contribution in [1.82, 2.24) is 5.32 Å². The Morgan fingerprint density at radius 2 is 1.95 bits per heavy atom. The number of hydrogen-bond acceptors (Lipinski definition) is 3. The molecule has 1 saturated heterocycles. The molecule has 1 aromatic rings. The Balaban J connectivity index is 1.99. The Morgan fingerprint density at radius 3 is 2.57 bits per heavy atom. The number of carboxylic acid groups (broad SMARTS) is 1.